The summed E-state index contributed by atoms with van der Waals surface area (Å²) in [5.74, 6) is 0.148. The Bertz CT molecular complexity index is 1140. The van der Waals surface area contributed by atoms with Gasteiger partial charge in [-0.1, -0.05) is 28.8 Å². The first-order valence-corrected chi connectivity index (χ1v) is 12.3. The second-order valence-electron chi connectivity index (χ2n) is 9.44. The van der Waals surface area contributed by atoms with Crippen molar-refractivity contribution < 1.29 is 18.7 Å². The number of ether oxygens (including phenoxy) is 2. The molecule has 1 heterocycles. The van der Waals surface area contributed by atoms with E-state index in [9.17, 15) is 9.18 Å². The number of carbonyl (C=O) groups is 1. The molecular weight excluding hydrogens is 501 g/mol. The number of aryl methyl sites for hydroxylation is 1. The summed E-state index contributed by atoms with van der Waals surface area (Å²) >= 11 is 3.48. The minimum Gasteiger partial charge on any atom is -0.493 e. The van der Waals surface area contributed by atoms with E-state index >= 15 is 0 Å². The fraction of sp³-hybridized carbons (Fsp3) is 0.462. The average Bonchev–Trinajstić information content (AvgIpc) is 3.07. The fourth-order valence-corrected chi connectivity index (χ4v) is 4.00. The highest BCUT2D eigenvalue weighted by Gasteiger charge is 2.19. The summed E-state index contributed by atoms with van der Waals surface area (Å²) in [6.45, 7) is 6.74. The fourth-order valence-electron chi connectivity index (χ4n) is 3.64. The number of fused-ring (bicyclic) bond motifs is 1. The second-order valence-corrected chi connectivity index (χ2v) is 10.4. The number of nitrogens with zero attached hydrogens (tertiary/aromatic N) is 3. The van der Waals surface area contributed by atoms with Gasteiger partial charge in [-0.05, 0) is 63.9 Å². The number of unbranched alkanes of at least 4 members (excludes halogenated alkanes) is 3. The SMILES string of the molecule is CN(CCCCCCOc1ccc(-c2nn(C)c3ccc(Br)cc23)c(F)c1)C(=O)OC(C)(C)C. The molecule has 0 saturated heterocycles. The van der Waals surface area contributed by atoms with Gasteiger partial charge in [-0.3, -0.25) is 4.68 Å². The lowest BCUT2D eigenvalue weighted by molar-refractivity contribution is 0.0296. The van der Waals surface area contributed by atoms with Gasteiger partial charge < -0.3 is 14.4 Å². The monoisotopic (exact) mass is 533 g/mol. The number of carbonyl (C=O) groups excluding carboxylic acids is 1. The van der Waals surface area contributed by atoms with Crippen LogP contribution in [0.5, 0.6) is 5.75 Å². The first-order valence-electron chi connectivity index (χ1n) is 11.5. The topological polar surface area (TPSA) is 56.6 Å². The van der Waals surface area contributed by atoms with Crippen molar-refractivity contribution in [3.8, 4) is 17.0 Å². The van der Waals surface area contributed by atoms with Crippen LogP contribution in [0.25, 0.3) is 22.2 Å². The number of halogens is 2. The van der Waals surface area contributed by atoms with E-state index < -0.39 is 5.60 Å². The summed E-state index contributed by atoms with van der Waals surface area (Å²) in [6.07, 6.45) is 3.41. The number of hydrogen-bond acceptors (Lipinski definition) is 4. The molecule has 0 radical (unpaired) electrons. The summed E-state index contributed by atoms with van der Waals surface area (Å²) in [4.78, 5) is 13.6. The largest absolute Gasteiger partial charge is 0.493 e. The molecule has 0 bridgehead atoms. The highest BCUT2D eigenvalue weighted by atomic mass is 79.9. The van der Waals surface area contributed by atoms with Gasteiger partial charge >= 0.3 is 6.09 Å². The molecule has 0 aliphatic rings. The molecule has 1 amide bonds. The molecule has 3 aromatic rings. The number of aromatic nitrogens is 2. The molecule has 2 aromatic carbocycles. The van der Waals surface area contributed by atoms with Crippen molar-refractivity contribution in [3.05, 3.63) is 46.7 Å². The number of amides is 1. The standard InChI is InChI=1S/C26H33BrFN3O3/c1-26(2,3)34-25(32)30(4)14-8-6-7-9-15-33-19-11-12-20(22(28)17-19)24-21-16-18(27)10-13-23(21)31(5)29-24/h10-13,16-17H,6-9,14-15H2,1-5H3. The first kappa shape index (κ1) is 26.0. The molecule has 8 heteroatoms. The Morgan fingerprint density at radius 3 is 2.56 bits per heavy atom. The molecule has 1 aromatic heterocycles. The lowest BCUT2D eigenvalue weighted by atomic mass is 10.1. The average molecular weight is 534 g/mol. The van der Waals surface area contributed by atoms with Gasteiger partial charge in [0, 0.05) is 42.1 Å². The van der Waals surface area contributed by atoms with Crippen LogP contribution in [-0.2, 0) is 11.8 Å². The van der Waals surface area contributed by atoms with Crippen molar-refractivity contribution in [2.45, 2.75) is 52.1 Å². The maximum Gasteiger partial charge on any atom is 0.410 e. The molecule has 0 fully saturated rings. The van der Waals surface area contributed by atoms with Crippen molar-refractivity contribution in [1.82, 2.24) is 14.7 Å². The number of benzene rings is 2. The third-order valence-electron chi connectivity index (χ3n) is 5.37. The van der Waals surface area contributed by atoms with Crippen LogP contribution in [0.15, 0.2) is 40.9 Å². The lowest BCUT2D eigenvalue weighted by Crippen LogP contribution is -2.34. The summed E-state index contributed by atoms with van der Waals surface area (Å²) < 4.78 is 28.7. The van der Waals surface area contributed by atoms with E-state index in [2.05, 4.69) is 21.0 Å². The van der Waals surface area contributed by atoms with E-state index in [1.165, 1.54) is 6.07 Å². The zero-order valence-corrected chi connectivity index (χ0v) is 22.1. The molecule has 0 unspecified atom stereocenters. The molecule has 0 atom stereocenters. The van der Waals surface area contributed by atoms with E-state index in [4.69, 9.17) is 9.47 Å². The van der Waals surface area contributed by atoms with Crippen LogP contribution in [0.1, 0.15) is 46.5 Å². The smallest absolute Gasteiger partial charge is 0.410 e. The molecule has 3 rings (SSSR count). The van der Waals surface area contributed by atoms with E-state index in [0.717, 1.165) is 41.1 Å². The Labute approximate surface area is 209 Å². The third-order valence-corrected chi connectivity index (χ3v) is 5.86. The number of rotatable bonds is 9. The van der Waals surface area contributed by atoms with E-state index in [-0.39, 0.29) is 11.9 Å². The van der Waals surface area contributed by atoms with Gasteiger partial charge in [-0.2, -0.15) is 5.10 Å². The summed E-state index contributed by atoms with van der Waals surface area (Å²) in [7, 11) is 3.60. The van der Waals surface area contributed by atoms with Crippen LogP contribution in [0.4, 0.5) is 9.18 Å². The Morgan fingerprint density at radius 2 is 1.85 bits per heavy atom. The third kappa shape index (κ3) is 6.95. The van der Waals surface area contributed by atoms with Crippen molar-refractivity contribution in [3.63, 3.8) is 0 Å². The van der Waals surface area contributed by atoms with Crippen LogP contribution < -0.4 is 4.74 Å². The quantitative estimate of drug-likeness (QED) is 0.279. The molecule has 0 saturated carbocycles. The predicted molar refractivity (Wildman–Crippen MR) is 137 cm³/mol. The van der Waals surface area contributed by atoms with Gasteiger partial charge in [0.15, 0.2) is 0 Å². The van der Waals surface area contributed by atoms with Crippen molar-refractivity contribution >= 4 is 32.9 Å². The van der Waals surface area contributed by atoms with E-state index in [0.29, 0.717) is 30.2 Å². The molecule has 6 nitrogen and oxygen atoms in total. The predicted octanol–water partition coefficient (Wildman–Crippen LogP) is 6.95. The zero-order chi connectivity index (χ0) is 24.9. The summed E-state index contributed by atoms with van der Waals surface area (Å²) in [5, 5.41) is 5.41. The zero-order valence-electron chi connectivity index (χ0n) is 20.5. The van der Waals surface area contributed by atoms with Gasteiger partial charge in [-0.15, -0.1) is 0 Å². The molecule has 0 aliphatic heterocycles. The van der Waals surface area contributed by atoms with Gasteiger partial charge in [0.05, 0.1) is 12.1 Å². The van der Waals surface area contributed by atoms with Crippen LogP contribution in [-0.4, -0.2) is 46.6 Å². The van der Waals surface area contributed by atoms with Crippen LogP contribution >= 0.6 is 15.9 Å². The molecule has 34 heavy (non-hydrogen) atoms. The Morgan fingerprint density at radius 1 is 1.12 bits per heavy atom. The van der Waals surface area contributed by atoms with Crippen molar-refractivity contribution in [2.24, 2.45) is 7.05 Å². The van der Waals surface area contributed by atoms with Gasteiger partial charge in [0.2, 0.25) is 0 Å². The molecule has 184 valence electrons. The molecule has 0 aliphatic carbocycles. The van der Waals surface area contributed by atoms with Gasteiger partial charge in [-0.25, -0.2) is 9.18 Å². The highest BCUT2D eigenvalue weighted by Crippen LogP contribution is 2.32. The van der Waals surface area contributed by atoms with E-state index in [1.54, 1.807) is 28.8 Å². The lowest BCUT2D eigenvalue weighted by Gasteiger charge is -2.24. The van der Waals surface area contributed by atoms with Crippen LogP contribution in [0.2, 0.25) is 0 Å². The van der Waals surface area contributed by atoms with Crippen molar-refractivity contribution in [1.29, 1.82) is 0 Å². The van der Waals surface area contributed by atoms with Gasteiger partial charge in [0.1, 0.15) is 22.9 Å². The summed E-state index contributed by atoms with van der Waals surface area (Å²) in [6, 6.07) is 10.8. The Hall–Kier alpha value is -2.61. The van der Waals surface area contributed by atoms with Crippen molar-refractivity contribution in [2.75, 3.05) is 20.2 Å². The molecular formula is C26H33BrFN3O3. The Balaban J connectivity index is 1.45. The highest BCUT2D eigenvalue weighted by molar-refractivity contribution is 9.10. The summed E-state index contributed by atoms with van der Waals surface area (Å²) in [5.41, 5.74) is 1.52. The van der Waals surface area contributed by atoms with Crippen LogP contribution in [0.3, 0.4) is 0 Å². The maximum atomic E-state index is 14.9. The molecule has 0 N–H and O–H groups in total. The second kappa shape index (κ2) is 11.2. The maximum absolute atomic E-state index is 14.9. The minimum absolute atomic E-state index is 0.298. The molecule has 0 spiro atoms. The normalized spacial score (nSPS) is 11.6. The number of hydrogen-bond donors (Lipinski definition) is 0. The Kier molecular flexibility index (Phi) is 8.57. The van der Waals surface area contributed by atoms with Gasteiger partial charge in [0.25, 0.3) is 0 Å². The van der Waals surface area contributed by atoms with Crippen LogP contribution in [0, 0.1) is 5.82 Å². The van der Waals surface area contributed by atoms with E-state index in [1.807, 2.05) is 46.0 Å². The first-order chi connectivity index (χ1) is 16.0. The minimum atomic E-state index is -0.483.